The van der Waals surface area contributed by atoms with Gasteiger partial charge in [0.2, 0.25) is 0 Å². The zero-order chi connectivity index (χ0) is 12.6. The number of hydrogen-bond donors (Lipinski definition) is 0. The first-order valence-corrected chi connectivity index (χ1v) is 7.20. The van der Waals surface area contributed by atoms with E-state index in [1.165, 1.54) is 5.56 Å². The van der Waals surface area contributed by atoms with Crippen LogP contribution in [0, 0.1) is 11.8 Å². The highest BCUT2D eigenvalue weighted by molar-refractivity contribution is 9.09. The van der Waals surface area contributed by atoms with Crippen LogP contribution in [0.15, 0.2) is 60.7 Å². The zero-order valence-electron chi connectivity index (χ0n) is 10.1. The second kappa shape index (κ2) is 7.03. The predicted molar refractivity (Wildman–Crippen MR) is 80.9 cm³/mol. The smallest absolute Gasteiger partial charge is 0.0464 e. The Balaban J connectivity index is 2.20. The quantitative estimate of drug-likeness (QED) is 0.573. The minimum absolute atomic E-state index is 0.297. The molecule has 0 aliphatic rings. The monoisotopic (exact) mass is 298 g/mol. The van der Waals surface area contributed by atoms with Gasteiger partial charge >= 0.3 is 0 Å². The lowest BCUT2D eigenvalue weighted by molar-refractivity contribution is 0.844. The molecule has 0 fully saturated rings. The summed E-state index contributed by atoms with van der Waals surface area (Å²) in [5, 5.41) is 0.968. The molecule has 0 bridgehead atoms. The van der Waals surface area contributed by atoms with Crippen molar-refractivity contribution in [3.8, 4) is 11.8 Å². The molecular formula is C17H15Br. The Hall–Kier alpha value is -1.52. The van der Waals surface area contributed by atoms with Crippen molar-refractivity contribution in [2.45, 2.75) is 12.3 Å². The van der Waals surface area contributed by atoms with E-state index in [-0.39, 0.29) is 0 Å². The first-order chi connectivity index (χ1) is 8.90. The number of rotatable bonds is 3. The van der Waals surface area contributed by atoms with Gasteiger partial charge in [-0.05, 0) is 24.1 Å². The summed E-state index contributed by atoms with van der Waals surface area (Å²) < 4.78 is 0. The molecule has 1 atom stereocenters. The van der Waals surface area contributed by atoms with E-state index < -0.39 is 0 Å². The molecule has 0 saturated carbocycles. The molecule has 18 heavy (non-hydrogen) atoms. The number of alkyl halides is 1. The zero-order valence-corrected chi connectivity index (χ0v) is 11.7. The molecule has 90 valence electrons. The summed E-state index contributed by atoms with van der Waals surface area (Å²) in [7, 11) is 0. The highest BCUT2D eigenvalue weighted by atomic mass is 79.9. The Labute approximate surface area is 117 Å². The van der Waals surface area contributed by atoms with Gasteiger partial charge in [-0.15, -0.1) is 0 Å². The molecule has 0 aliphatic carbocycles. The fourth-order valence-electron chi connectivity index (χ4n) is 1.81. The molecule has 0 heterocycles. The molecular weight excluding hydrogens is 284 g/mol. The first-order valence-electron chi connectivity index (χ1n) is 6.07. The van der Waals surface area contributed by atoms with Gasteiger partial charge in [0.25, 0.3) is 0 Å². The second-order valence-electron chi connectivity index (χ2n) is 4.08. The third kappa shape index (κ3) is 3.75. The van der Waals surface area contributed by atoms with Crippen molar-refractivity contribution in [2.75, 3.05) is 5.33 Å². The van der Waals surface area contributed by atoms with E-state index in [1.807, 2.05) is 36.4 Å². The minimum atomic E-state index is 0.297. The van der Waals surface area contributed by atoms with Crippen LogP contribution in [0.3, 0.4) is 0 Å². The van der Waals surface area contributed by atoms with E-state index in [9.17, 15) is 0 Å². The number of hydrogen-bond acceptors (Lipinski definition) is 0. The van der Waals surface area contributed by atoms with Gasteiger partial charge in [-0.3, -0.25) is 0 Å². The van der Waals surface area contributed by atoms with Gasteiger partial charge in [-0.25, -0.2) is 0 Å². The average molecular weight is 299 g/mol. The molecule has 2 rings (SSSR count). The molecule has 0 nitrogen and oxygen atoms in total. The van der Waals surface area contributed by atoms with Crippen molar-refractivity contribution in [1.29, 1.82) is 0 Å². The van der Waals surface area contributed by atoms with E-state index in [0.717, 1.165) is 17.3 Å². The van der Waals surface area contributed by atoms with Crippen molar-refractivity contribution < 1.29 is 0 Å². The van der Waals surface area contributed by atoms with Crippen LogP contribution in [0.25, 0.3) is 0 Å². The van der Waals surface area contributed by atoms with Gasteiger partial charge in [0.1, 0.15) is 0 Å². The fraction of sp³-hybridized carbons (Fsp3) is 0.176. The van der Waals surface area contributed by atoms with Gasteiger partial charge in [0.15, 0.2) is 0 Å². The Kier molecular flexibility index (Phi) is 5.05. The normalized spacial score (nSPS) is 11.4. The maximum atomic E-state index is 3.51. The highest BCUT2D eigenvalue weighted by Gasteiger charge is 2.06. The molecule has 0 radical (unpaired) electrons. The molecule has 0 aliphatic heterocycles. The fourth-order valence-corrected chi connectivity index (χ4v) is 2.27. The number of halogens is 1. The van der Waals surface area contributed by atoms with Crippen LogP contribution in [0.1, 0.15) is 23.5 Å². The standard InChI is InChI=1S/C17H15Br/c18-14-13-17(16-9-5-2-6-10-16)12-11-15-7-3-1-4-8-15/h1-10,17H,13-14H2/t17-/m1/s1. The second-order valence-corrected chi connectivity index (χ2v) is 4.87. The van der Waals surface area contributed by atoms with Crippen molar-refractivity contribution in [3.05, 3.63) is 71.8 Å². The lowest BCUT2D eigenvalue weighted by Gasteiger charge is -2.08. The molecule has 2 aromatic carbocycles. The largest absolute Gasteiger partial charge is 0.0927 e. The van der Waals surface area contributed by atoms with Crippen LogP contribution in [0.2, 0.25) is 0 Å². The Morgan fingerprint density at radius 2 is 1.50 bits per heavy atom. The lowest BCUT2D eigenvalue weighted by atomic mass is 9.97. The molecule has 0 saturated heterocycles. The topological polar surface area (TPSA) is 0 Å². The summed E-state index contributed by atoms with van der Waals surface area (Å²) in [6.07, 6.45) is 1.03. The summed E-state index contributed by atoms with van der Waals surface area (Å²) in [6.45, 7) is 0. The van der Waals surface area contributed by atoms with Crippen LogP contribution < -0.4 is 0 Å². The van der Waals surface area contributed by atoms with E-state index in [0.29, 0.717) is 5.92 Å². The lowest BCUT2D eigenvalue weighted by Crippen LogP contribution is -1.96. The third-order valence-corrected chi connectivity index (χ3v) is 3.22. The van der Waals surface area contributed by atoms with Crippen LogP contribution >= 0.6 is 15.9 Å². The summed E-state index contributed by atoms with van der Waals surface area (Å²) in [5.41, 5.74) is 2.37. The van der Waals surface area contributed by atoms with Crippen molar-refractivity contribution in [3.63, 3.8) is 0 Å². The van der Waals surface area contributed by atoms with E-state index in [1.54, 1.807) is 0 Å². The Morgan fingerprint density at radius 1 is 0.889 bits per heavy atom. The van der Waals surface area contributed by atoms with Crippen LogP contribution in [-0.4, -0.2) is 5.33 Å². The van der Waals surface area contributed by atoms with Gasteiger partial charge < -0.3 is 0 Å². The molecule has 0 aromatic heterocycles. The predicted octanol–water partition coefficient (Wildman–Crippen LogP) is 4.61. The molecule has 2 aromatic rings. The SMILES string of the molecule is BrCC[C@@H](C#Cc1ccccc1)c1ccccc1. The number of benzene rings is 2. The average Bonchev–Trinajstić information content (AvgIpc) is 2.45. The van der Waals surface area contributed by atoms with Gasteiger partial charge in [0.05, 0.1) is 0 Å². The summed E-state index contributed by atoms with van der Waals surface area (Å²) >= 11 is 3.51. The van der Waals surface area contributed by atoms with Gasteiger partial charge in [-0.2, -0.15) is 0 Å². The van der Waals surface area contributed by atoms with Crippen molar-refractivity contribution in [1.82, 2.24) is 0 Å². The highest BCUT2D eigenvalue weighted by Crippen LogP contribution is 2.19. The van der Waals surface area contributed by atoms with Gasteiger partial charge in [-0.1, -0.05) is 76.3 Å². The molecule has 1 heteroatoms. The first kappa shape index (κ1) is 12.9. The molecule has 0 spiro atoms. The minimum Gasteiger partial charge on any atom is -0.0927 e. The maximum absolute atomic E-state index is 3.51. The van der Waals surface area contributed by atoms with E-state index in [4.69, 9.17) is 0 Å². The van der Waals surface area contributed by atoms with Crippen LogP contribution in [0.4, 0.5) is 0 Å². The summed E-state index contributed by atoms with van der Waals surface area (Å²) in [5.74, 6) is 6.93. The van der Waals surface area contributed by atoms with E-state index in [2.05, 4.69) is 52.0 Å². The third-order valence-electron chi connectivity index (χ3n) is 2.76. The summed E-state index contributed by atoms with van der Waals surface area (Å²) in [6, 6.07) is 20.6. The van der Waals surface area contributed by atoms with Crippen molar-refractivity contribution in [2.24, 2.45) is 0 Å². The van der Waals surface area contributed by atoms with Crippen LogP contribution in [0.5, 0.6) is 0 Å². The van der Waals surface area contributed by atoms with Gasteiger partial charge in [0, 0.05) is 16.8 Å². The van der Waals surface area contributed by atoms with E-state index >= 15 is 0 Å². The maximum Gasteiger partial charge on any atom is 0.0464 e. The van der Waals surface area contributed by atoms with Crippen LogP contribution in [-0.2, 0) is 0 Å². The molecule has 0 amide bonds. The summed E-state index contributed by atoms with van der Waals surface area (Å²) in [4.78, 5) is 0. The Bertz CT molecular complexity index is 520. The Morgan fingerprint density at radius 3 is 2.11 bits per heavy atom. The molecule has 0 N–H and O–H groups in total. The molecule has 0 unspecified atom stereocenters. The van der Waals surface area contributed by atoms with Crippen molar-refractivity contribution >= 4 is 15.9 Å².